The Kier molecular flexibility index (Phi) is 5.37. The Bertz CT molecular complexity index is 1090. The summed E-state index contributed by atoms with van der Waals surface area (Å²) in [6, 6.07) is 12.6. The van der Waals surface area contributed by atoms with Gasteiger partial charge in [0, 0.05) is 10.6 Å². The van der Waals surface area contributed by atoms with E-state index >= 15 is 0 Å². The number of carbonyl (C=O) groups is 1. The van der Waals surface area contributed by atoms with Gasteiger partial charge in [-0.1, -0.05) is 35.3 Å². The van der Waals surface area contributed by atoms with Crippen LogP contribution in [0.2, 0.25) is 10.0 Å². The molecule has 10 heteroatoms. The van der Waals surface area contributed by atoms with Crippen molar-refractivity contribution in [3.63, 3.8) is 0 Å². The maximum absolute atomic E-state index is 12.6. The van der Waals surface area contributed by atoms with Crippen LogP contribution in [0.4, 0.5) is 0 Å². The number of benzene rings is 2. The van der Waals surface area contributed by atoms with Crippen molar-refractivity contribution in [2.24, 2.45) is 4.40 Å². The first-order chi connectivity index (χ1) is 12.8. The average molecular weight is 423 g/mol. The Morgan fingerprint density at radius 1 is 1.22 bits per heavy atom. The number of hydrogen-bond donors (Lipinski definition) is 1. The molecule has 0 aliphatic carbocycles. The zero-order valence-corrected chi connectivity index (χ0v) is 16.0. The van der Waals surface area contributed by atoms with E-state index in [9.17, 15) is 13.2 Å². The van der Waals surface area contributed by atoms with Crippen LogP contribution in [-0.4, -0.2) is 31.7 Å². The quantitative estimate of drug-likeness (QED) is 0.765. The topological polar surface area (TPSA) is 103 Å². The van der Waals surface area contributed by atoms with Crippen LogP contribution in [0.3, 0.4) is 0 Å². The van der Waals surface area contributed by atoms with E-state index in [0.29, 0.717) is 10.6 Å². The number of amides is 1. The molecule has 1 amide bonds. The predicted molar refractivity (Wildman–Crippen MR) is 101 cm³/mol. The number of sulfonamides is 1. The molecule has 0 radical (unpaired) electrons. The van der Waals surface area contributed by atoms with Crippen LogP contribution in [0.15, 0.2) is 51.8 Å². The van der Waals surface area contributed by atoms with Crippen LogP contribution < -0.4 is 5.43 Å². The third kappa shape index (κ3) is 3.90. The number of nitriles is 1. The number of hydrogen-bond acceptors (Lipinski definition) is 5. The van der Waals surface area contributed by atoms with Gasteiger partial charge in [-0.2, -0.15) is 13.7 Å². The molecular weight excluding hydrogens is 411 g/mol. The lowest BCUT2D eigenvalue weighted by Gasteiger charge is -2.24. The molecule has 1 aliphatic heterocycles. The molecule has 0 spiro atoms. The van der Waals surface area contributed by atoms with Gasteiger partial charge >= 0.3 is 0 Å². The number of fused-ring (bicyclic) bond motifs is 1. The zero-order chi connectivity index (χ0) is 19.6. The highest BCUT2D eigenvalue weighted by Crippen LogP contribution is 2.27. The fourth-order valence-electron chi connectivity index (χ4n) is 2.52. The minimum Gasteiger partial charge on any atom is -0.267 e. The highest BCUT2D eigenvalue weighted by Gasteiger charge is 2.32. The number of halogens is 2. The molecule has 2 aromatic rings. The molecule has 138 valence electrons. The fraction of sp³-hybridized carbons (Fsp3) is 0.118. The average Bonchev–Trinajstić information content (AvgIpc) is 2.90. The Hall–Kier alpha value is -2.60. The first-order valence-corrected chi connectivity index (χ1v) is 9.88. The van der Waals surface area contributed by atoms with Gasteiger partial charge in [0.2, 0.25) is 0 Å². The minimum absolute atomic E-state index is 0.0376. The Balaban J connectivity index is 1.96. The normalized spacial score (nSPS) is 14.0. The van der Waals surface area contributed by atoms with Crippen molar-refractivity contribution in [1.82, 2.24) is 10.4 Å². The summed E-state index contributed by atoms with van der Waals surface area (Å²) in [5, 5.41) is 10.6. The van der Waals surface area contributed by atoms with Crippen molar-refractivity contribution in [3.8, 4) is 6.07 Å². The zero-order valence-electron chi connectivity index (χ0n) is 13.7. The minimum atomic E-state index is -3.87. The maximum Gasteiger partial charge on any atom is 0.285 e. The molecule has 0 atom stereocenters. The molecule has 1 N–H and O–H groups in total. The van der Waals surface area contributed by atoms with E-state index in [4.69, 9.17) is 28.5 Å². The summed E-state index contributed by atoms with van der Waals surface area (Å²) < 4.78 is 28.3. The molecule has 0 saturated carbocycles. The summed E-state index contributed by atoms with van der Waals surface area (Å²) in [7, 11) is -3.87. The van der Waals surface area contributed by atoms with Crippen LogP contribution in [0.25, 0.3) is 0 Å². The first-order valence-electron chi connectivity index (χ1n) is 7.68. The largest absolute Gasteiger partial charge is 0.285 e. The van der Waals surface area contributed by atoms with Gasteiger partial charge in [0.05, 0.1) is 29.6 Å². The number of rotatable bonds is 3. The summed E-state index contributed by atoms with van der Waals surface area (Å²) in [6.45, 7) is 0.0378. The van der Waals surface area contributed by atoms with Crippen molar-refractivity contribution in [2.45, 2.75) is 11.3 Å². The molecule has 0 unspecified atom stereocenters. The third-order valence-electron chi connectivity index (χ3n) is 3.73. The molecule has 0 bridgehead atoms. The highest BCUT2D eigenvalue weighted by atomic mass is 35.5. The lowest BCUT2D eigenvalue weighted by molar-refractivity contribution is 0.0872. The van der Waals surface area contributed by atoms with Gasteiger partial charge in [0.1, 0.15) is 4.90 Å². The first kappa shape index (κ1) is 19.2. The Morgan fingerprint density at radius 2 is 1.96 bits per heavy atom. The van der Waals surface area contributed by atoms with Gasteiger partial charge in [-0.25, -0.2) is 0 Å². The van der Waals surface area contributed by atoms with Crippen molar-refractivity contribution < 1.29 is 13.2 Å². The van der Waals surface area contributed by atoms with Gasteiger partial charge in [-0.15, -0.1) is 4.40 Å². The van der Waals surface area contributed by atoms with Crippen molar-refractivity contribution in [1.29, 1.82) is 5.26 Å². The van der Waals surface area contributed by atoms with Gasteiger partial charge in [0.15, 0.2) is 5.84 Å². The van der Waals surface area contributed by atoms with Crippen molar-refractivity contribution in [3.05, 3.63) is 63.6 Å². The molecule has 3 rings (SSSR count). The van der Waals surface area contributed by atoms with Crippen LogP contribution in [0, 0.1) is 11.3 Å². The number of carbonyl (C=O) groups excluding carboxylic acids is 1. The number of nitrogens with one attached hydrogen (secondary N) is 1. The second-order valence-corrected chi connectivity index (χ2v) is 7.93. The highest BCUT2D eigenvalue weighted by molar-refractivity contribution is 7.90. The SMILES string of the molecule is N#CCCN(NC(=O)c1ccc(Cl)cc1Cl)C1=NS(=O)(=O)c2ccccc21. The molecule has 7 nitrogen and oxygen atoms in total. The number of nitrogens with zero attached hydrogens (tertiary/aromatic N) is 3. The molecule has 0 aromatic heterocycles. The van der Waals surface area contributed by atoms with Crippen LogP contribution in [-0.2, 0) is 10.0 Å². The maximum atomic E-state index is 12.6. The van der Waals surface area contributed by atoms with Crippen molar-refractivity contribution >= 4 is 45.0 Å². The Labute approximate surface area is 165 Å². The van der Waals surface area contributed by atoms with Crippen LogP contribution in [0.5, 0.6) is 0 Å². The van der Waals surface area contributed by atoms with Gasteiger partial charge in [-0.05, 0) is 30.3 Å². The van der Waals surface area contributed by atoms with E-state index < -0.39 is 15.9 Å². The number of amidine groups is 1. The van der Waals surface area contributed by atoms with Gasteiger partial charge < -0.3 is 0 Å². The van der Waals surface area contributed by atoms with E-state index in [-0.39, 0.29) is 34.3 Å². The standard InChI is InChI=1S/C17H12Cl2N4O3S/c18-11-6-7-12(14(19)10-11)17(24)21-23(9-3-8-20)16-13-4-1-2-5-15(13)27(25,26)22-16/h1-2,4-7,10H,3,9H2,(H,21,24). The van der Waals surface area contributed by atoms with Crippen molar-refractivity contribution in [2.75, 3.05) is 6.54 Å². The molecule has 1 aliphatic rings. The summed E-state index contributed by atoms with van der Waals surface area (Å²) >= 11 is 11.9. The summed E-state index contributed by atoms with van der Waals surface area (Å²) in [6.07, 6.45) is 0.0376. The summed E-state index contributed by atoms with van der Waals surface area (Å²) in [4.78, 5) is 12.7. The molecular formula is C17H12Cl2N4O3S. The third-order valence-corrected chi connectivity index (χ3v) is 5.60. The summed E-state index contributed by atoms with van der Waals surface area (Å²) in [5.41, 5.74) is 3.07. The van der Waals surface area contributed by atoms with E-state index in [1.54, 1.807) is 18.2 Å². The van der Waals surface area contributed by atoms with E-state index in [0.717, 1.165) is 0 Å². The molecule has 2 aromatic carbocycles. The number of hydrazine groups is 1. The molecule has 27 heavy (non-hydrogen) atoms. The lowest BCUT2D eigenvalue weighted by Crippen LogP contribution is -2.46. The molecule has 1 heterocycles. The van der Waals surface area contributed by atoms with E-state index in [1.165, 1.54) is 29.3 Å². The monoisotopic (exact) mass is 422 g/mol. The second kappa shape index (κ2) is 7.56. The van der Waals surface area contributed by atoms with E-state index in [1.807, 2.05) is 6.07 Å². The second-order valence-electron chi connectivity index (χ2n) is 5.51. The smallest absolute Gasteiger partial charge is 0.267 e. The Morgan fingerprint density at radius 3 is 2.67 bits per heavy atom. The lowest BCUT2D eigenvalue weighted by atomic mass is 10.2. The van der Waals surface area contributed by atoms with Crippen LogP contribution in [0.1, 0.15) is 22.3 Å². The van der Waals surface area contributed by atoms with Crippen LogP contribution >= 0.6 is 23.2 Å². The predicted octanol–water partition coefficient (Wildman–Crippen LogP) is 3.00. The van der Waals surface area contributed by atoms with Gasteiger partial charge in [0.25, 0.3) is 15.9 Å². The molecule has 0 saturated heterocycles. The van der Waals surface area contributed by atoms with Gasteiger partial charge in [-0.3, -0.25) is 15.2 Å². The van der Waals surface area contributed by atoms with E-state index in [2.05, 4.69) is 9.82 Å². The summed E-state index contributed by atoms with van der Waals surface area (Å²) in [5.74, 6) is -0.543. The fourth-order valence-corrected chi connectivity index (χ4v) is 4.22. The molecule has 0 fully saturated rings.